The highest BCUT2D eigenvalue weighted by molar-refractivity contribution is 9.10. The molecule has 3 nitrogen and oxygen atoms in total. The van der Waals surface area contributed by atoms with Crippen LogP contribution in [-0.4, -0.2) is 36.1 Å². The second-order valence-corrected chi connectivity index (χ2v) is 8.64. The first kappa shape index (κ1) is 18.3. The zero-order valence-corrected chi connectivity index (χ0v) is 16.9. The maximum atomic E-state index is 4.86. The normalized spacial score (nSPS) is 20.2. The lowest BCUT2D eigenvalue weighted by Crippen LogP contribution is -2.38. The molecule has 1 N–H and O–H groups in total. The van der Waals surface area contributed by atoms with Gasteiger partial charge in [0.2, 0.25) is 0 Å². The Labute approximate surface area is 162 Å². The summed E-state index contributed by atoms with van der Waals surface area (Å²) in [7, 11) is 0. The van der Waals surface area contributed by atoms with Gasteiger partial charge in [-0.25, -0.2) is 4.98 Å². The molecule has 4 rings (SSSR count). The fourth-order valence-corrected chi connectivity index (χ4v) is 5.10. The van der Waals surface area contributed by atoms with E-state index in [1.54, 1.807) is 11.3 Å². The van der Waals surface area contributed by atoms with E-state index >= 15 is 0 Å². The number of piperidine rings is 1. The molecule has 0 amide bonds. The third-order valence-electron chi connectivity index (χ3n) is 5.19. The van der Waals surface area contributed by atoms with Crippen molar-refractivity contribution in [1.29, 1.82) is 0 Å². The van der Waals surface area contributed by atoms with Crippen molar-refractivity contribution in [2.45, 2.75) is 25.8 Å². The van der Waals surface area contributed by atoms with E-state index in [0.29, 0.717) is 5.41 Å². The van der Waals surface area contributed by atoms with Gasteiger partial charge in [0, 0.05) is 28.5 Å². The highest BCUT2D eigenvalue weighted by atomic mass is 79.9. The SMILES string of the molecule is Brc1cccc(-c2nc(CN3CCC4(CCNCC4)C3)cs2)c1.Cl. The van der Waals surface area contributed by atoms with Gasteiger partial charge in [0.05, 0.1) is 5.69 Å². The van der Waals surface area contributed by atoms with Crippen LogP contribution in [0.1, 0.15) is 25.0 Å². The minimum absolute atomic E-state index is 0. The highest BCUT2D eigenvalue weighted by Crippen LogP contribution is 2.39. The number of nitrogens with zero attached hydrogens (tertiary/aromatic N) is 2. The van der Waals surface area contributed by atoms with Gasteiger partial charge in [-0.1, -0.05) is 28.1 Å². The molecular formula is C18H23BrClN3S. The molecule has 130 valence electrons. The Hall–Kier alpha value is -0.460. The van der Waals surface area contributed by atoms with Crippen molar-refractivity contribution in [3.8, 4) is 10.6 Å². The van der Waals surface area contributed by atoms with Gasteiger partial charge < -0.3 is 5.32 Å². The van der Waals surface area contributed by atoms with Crippen molar-refractivity contribution in [2.24, 2.45) is 5.41 Å². The van der Waals surface area contributed by atoms with Crippen molar-refractivity contribution in [3.05, 3.63) is 39.8 Å². The van der Waals surface area contributed by atoms with Gasteiger partial charge in [0.15, 0.2) is 0 Å². The summed E-state index contributed by atoms with van der Waals surface area (Å²) in [5.74, 6) is 0. The van der Waals surface area contributed by atoms with Crippen molar-refractivity contribution >= 4 is 39.7 Å². The number of hydrogen-bond acceptors (Lipinski definition) is 4. The van der Waals surface area contributed by atoms with Crippen LogP contribution >= 0.6 is 39.7 Å². The maximum Gasteiger partial charge on any atom is 0.123 e. The molecule has 1 aromatic heterocycles. The fraction of sp³-hybridized carbons (Fsp3) is 0.500. The molecule has 0 unspecified atom stereocenters. The Morgan fingerprint density at radius 1 is 1.25 bits per heavy atom. The molecule has 0 radical (unpaired) electrons. The van der Waals surface area contributed by atoms with Crippen molar-refractivity contribution in [2.75, 3.05) is 26.2 Å². The van der Waals surface area contributed by atoms with Crippen LogP contribution in [0.25, 0.3) is 10.6 Å². The van der Waals surface area contributed by atoms with Crippen LogP contribution in [-0.2, 0) is 6.54 Å². The van der Waals surface area contributed by atoms with Gasteiger partial charge in [-0.3, -0.25) is 4.90 Å². The molecular weight excluding hydrogens is 406 g/mol. The van der Waals surface area contributed by atoms with Crippen molar-refractivity contribution < 1.29 is 0 Å². The van der Waals surface area contributed by atoms with Crippen LogP contribution in [0.15, 0.2) is 34.1 Å². The van der Waals surface area contributed by atoms with E-state index in [1.807, 2.05) is 0 Å². The third-order valence-corrected chi connectivity index (χ3v) is 6.62. The summed E-state index contributed by atoms with van der Waals surface area (Å²) >= 11 is 5.29. The van der Waals surface area contributed by atoms with Crippen LogP contribution in [0.2, 0.25) is 0 Å². The van der Waals surface area contributed by atoms with E-state index in [-0.39, 0.29) is 12.4 Å². The molecule has 2 saturated heterocycles. The van der Waals surface area contributed by atoms with Gasteiger partial charge in [-0.15, -0.1) is 23.7 Å². The lowest BCUT2D eigenvalue weighted by molar-refractivity contribution is 0.193. The molecule has 2 aromatic rings. The minimum Gasteiger partial charge on any atom is -0.317 e. The number of likely N-dealkylation sites (tertiary alicyclic amines) is 1. The molecule has 24 heavy (non-hydrogen) atoms. The average Bonchev–Trinajstić information content (AvgIpc) is 3.17. The summed E-state index contributed by atoms with van der Waals surface area (Å²) in [5.41, 5.74) is 3.00. The lowest BCUT2D eigenvalue weighted by Gasteiger charge is -2.33. The van der Waals surface area contributed by atoms with Gasteiger partial charge in [-0.05, 0) is 56.4 Å². The largest absolute Gasteiger partial charge is 0.317 e. The first-order valence-corrected chi connectivity index (χ1v) is 10.0. The Morgan fingerprint density at radius 3 is 2.88 bits per heavy atom. The number of halogens is 2. The summed E-state index contributed by atoms with van der Waals surface area (Å²) in [4.78, 5) is 7.46. The monoisotopic (exact) mass is 427 g/mol. The van der Waals surface area contributed by atoms with Crippen molar-refractivity contribution in [3.63, 3.8) is 0 Å². The predicted molar refractivity (Wildman–Crippen MR) is 107 cm³/mol. The fourth-order valence-electron chi connectivity index (χ4n) is 3.89. The summed E-state index contributed by atoms with van der Waals surface area (Å²) in [5, 5.41) is 6.84. The van der Waals surface area contributed by atoms with Crippen LogP contribution in [0.3, 0.4) is 0 Å². The van der Waals surface area contributed by atoms with E-state index in [2.05, 4.69) is 55.8 Å². The maximum absolute atomic E-state index is 4.86. The van der Waals surface area contributed by atoms with Crippen LogP contribution in [0.4, 0.5) is 0 Å². The molecule has 1 aromatic carbocycles. The standard InChI is InChI=1S/C18H22BrN3S.ClH/c19-15-3-1-2-14(10-15)17-21-16(12-23-17)11-22-9-6-18(13-22)4-7-20-8-5-18;/h1-3,10,12,20H,4-9,11,13H2;1H. The molecule has 2 fully saturated rings. The quantitative estimate of drug-likeness (QED) is 0.776. The summed E-state index contributed by atoms with van der Waals surface area (Å²) in [6, 6.07) is 8.40. The Morgan fingerprint density at radius 2 is 2.08 bits per heavy atom. The number of thiazole rings is 1. The van der Waals surface area contributed by atoms with Crippen LogP contribution in [0.5, 0.6) is 0 Å². The second kappa shape index (κ2) is 7.83. The summed E-state index contributed by atoms with van der Waals surface area (Å²) in [6.07, 6.45) is 4.03. The molecule has 2 aliphatic rings. The molecule has 6 heteroatoms. The van der Waals surface area contributed by atoms with Crippen LogP contribution < -0.4 is 5.32 Å². The van der Waals surface area contributed by atoms with Gasteiger partial charge >= 0.3 is 0 Å². The number of aromatic nitrogens is 1. The second-order valence-electron chi connectivity index (χ2n) is 6.86. The first-order valence-electron chi connectivity index (χ1n) is 8.36. The highest BCUT2D eigenvalue weighted by Gasteiger charge is 2.38. The molecule has 3 heterocycles. The zero-order chi connectivity index (χ0) is 15.7. The van der Waals surface area contributed by atoms with E-state index < -0.39 is 0 Å². The number of rotatable bonds is 3. The Bertz CT molecular complexity index is 684. The third kappa shape index (κ3) is 4.02. The van der Waals surface area contributed by atoms with Crippen LogP contribution in [0, 0.1) is 5.41 Å². The molecule has 2 aliphatic heterocycles. The molecule has 0 bridgehead atoms. The van der Waals surface area contributed by atoms with E-state index in [0.717, 1.165) is 16.0 Å². The molecule has 1 spiro atoms. The number of nitrogens with one attached hydrogen (secondary N) is 1. The topological polar surface area (TPSA) is 28.2 Å². The Kier molecular flexibility index (Phi) is 5.98. The molecule has 0 saturated carbocycles. The first-order chi connectivity index (χ1) is 11.2. The van der Waals surface area contributed by atoms with Gasteiger partial charge in [0.1, 0.15) is 5.01 Å². The average molecular weight is 429 g/mol. The smallest absolute Gasteiger partial charge is 0.123 e. The van der Waals surface area contributed by atoms with E-state index in [9.17, 15) is 0 Å². The predicted octanol–water partition coefficient (Wildman–Crippen LogP) is 4.57. The lowest BCUT2D eigenvalue weighted by atomic mass is 9.78. The van der Waals surface area contributed by atoms with Gasteiger partial charge in [-0.2, -0.15) is 0 Å². The number of benzene rings is 1. The molecule has 0 atom stereocenters. The minimum atomic E-state index is 0. The van der Waals surface area contributed by atoms with Gasteiger partial charge in [0.25, 0.3) is 0 Å². The summed E-state index contributed by atoms with van der Waals surface area (Å²) < 4.78 is 1.11. The summed E-state index contributed by atoms with van der Waals surface area (Å²) in [6.45, 7) is 5.86. The Balaban J connectivity index is 0.00000169. The molecule has 0 aliphatic carbocycles. The van der Waals surface area contributed by atoms with Crippen molar-refractivity contribution in [1.82, 2.24) is 15.2 Å². The zero-order valence-electron chi connectivity index (χ0n) is 13.6. The van der Waals surface area contributed by atoms with E-state index in [4.69, 9.17) is 4.98 Å². The van der Waals surface area contributed by atoms with E-state index in [1.165, 1.54) is 56.7 Å². The number of hydrogen-bond donors (Lipinski definition) is 1.